The topological polar surface area (TPSA) is 97.2 Å². The maximum absolute atomic E-state index is 13.6. The maximum Gasteiger partial charge on any atom is 0.264 e. The zero-order valence-electron chi connectivity index (χ0n) is 19.9. The number of thiazole rings is 1. The van der Waals surface area contributed by atoms with E-state index < -0.39 is 15.9 Å². The van der Waals surface area contributed by atoms with Crippen molar-refractivity contribution < 1.29 is 17.6 Å². The number of nitrogens with zero attached hydrogens (tertiary/aromatic N) is 4. The van der Waals surface area contributed by atoms with Crippen molar-refractivity contribution in [2.75, 3.05) is 16.2 Å². The van der Waals surface area contributed by atoms with Gasteiger partial charge in [-0.3, -0.25) is 9.10 Å². The van der Waals surface area contributed by atoms with Gasteiger partial charge >= 0.3 is 0 Å². The number of anilines is 2. The van der Waals surface area contributed by atoms with Gasteiger partial charge in [0.25, 0.3) is 15.9 Å². The Bertz CT molecular complexity index is 1700. The lowest BCUT2D eigenvalue weighted by Crippen LogP contribution is -2.30. The van der Waals surface area contributed by atoms with Crippen LogP contribution >= 0.6 is 11.3 Å². The van der Waals surface area contributed by atoms with Crippen molar-refractivity contribution in [3.8, 4) is 5.13 Å². The number of sulfonamides is 1. The standard InChI is InChI=1S/C26H22FN5O3S2/c1-3-31(20-7-5-4-6-8-20)37(34,35)21-12-9-18(10-13-21)25(33)29-24-15-17(2)30-32(24)26-28-22-14-11-19(27)16-23(22)36-26/h4-16H,3H2,1-2H3,(H,29,33). The van der Waals surface area contributed by atoms with Crippen LogP contribution in [0.4, 0.5) is 15.9 Å². The van der Waals surface area contributed by atoms with Gasteiger partial charge in [0.2, 0.25) is 5.13 Å². The number of rotatable bonds is 7. The molecule has 5 aromatic rings. The first-order valence-corrected chi connectivity index (χ1v) is 13.6. The highest BCUT2D eigenvalue weighted by molar-refractivity contribution is 7.92. The van der Waals surface area contributed by atoms with Crippen LogP contribution in [0.5, 0.6) is 0 Å². The summed E-state index contributed by atoms with van der Waals surface area (Å²) in [6.07, 6.45) is 0. The van der Waals surface area contributed by atoms with Crippen LogP contribution in [0.15, 0.2) is 83.8 Å². The van der Waals surface area contributed by atoms with E-state index in [9.17, 15) is 17.6 Å². The van der Waals surface area contributed by atoms with Gasteiger partial charge in [0.1, 0.15) is 11.6 Å². The van der Waals surface area contributed by atoms with E-state index in [1.807, 2.05) is 6.07 Å². The molecule has 0 saturated carbocycles. The van der Waals surface area contributed by atoms with E-state index in [1.54, 1.807) is 50.2 Å². The van der Waals surface area contributed by atoms with Crippen molar-refractivity contribution in [1.82, 2.24) is 14.8 Å². The summed E-state index contributed by atoms with van der Waals surface area (Å²) in [5.41, 5.74) is 2.12. The number of para-hydroxylation sites is 1. The molecular formula is C26H22FN5O3S2. The van der Waals surface area contributed by atoms with Gasteiger partial charge in [0.15, 0.2) is 0 Å². The Morgan fingerprint density at radius 2 is 1.78 bits per heavy atom. The van der Waals surface area contributed by atoms with Crippen molar-refractivity contribution in [2.24, 2.45) is 0 Å². The highest BCUT2D eigenvalue weighted by atomic mass is 32.2. The lowest BCUT2D eigenvalue weighted by molar-refractivity contribution is 0.102. The average molecular weight is 536 g/mol. The fraction of sp³-hybridized carbons (Fsp3) is 0.115. The Balaban J connectivity index is 1.39. The molecular weight excluding hydrogens is 513 g/mol. The van der Waals surface area contributed by atoms with E-state index in [1.165, 1.54) is 56.7 Å². The lowest BCUT2D eigenvalue weighted by atomic mass is 10.2. The van der Waals surface area contributed by atoms with E-state index in [4.69, 9.17) is 0 Å². The molecule has 0 aliphatic carbocycles. The molecule has 0 atom stereocenters. The third-order valence-electron chi connectivity index (χ3n) is 5.63. The van der Waals surface area contributed by atoms with E-state index in [0.717, 1.165) is 0 Å². The van der Waals surface area contributed by atoms with Gasteiger partial charge in [0.05, 0.1) is 26.5 Å². The molecule has 3 aromatic carbocycles. The number of hydrogen-bond acceptors (Lipinski definition) is 6. The predicted molar refractivity (Wildman–Crippen MR) is 142 cm³/mol. The maximum atomic E-state index is 13.6. The largest absolute Gasteiger partial charge is 0.306 e. The Kier molecular flexibility index (Phi) is 6.48. The fourth-order valence-electron chi connectivity index (χ4n) is 3.89. The lowest BCUT2D eigenvalue weighted by Gasteiger charge is -2.23. The summed E-state index contributed by atoms with van der Waals surface area (Å²) in [6.45, 7) is 3.81. The third kappa shape index (κ3) is 4.83. The zero-order chi connectivity index (χ0) is 26.2. The number of carbonyl (C=O) groups excluding carboxylic acids is 1. The summed E-state index contributed by atoms with van der Waals surface area (Å²) in [5, 5.41) is 7.71. The second kappa shape index (κ2) is 9.75. The molecule has 2 heterocycles. The molecule has 0 spiro atoms. The summed E-state index contributed by atoms with van der Waals surface area (Å²) in [7, 11) is -3.81. The van der Waals surface area contributed by atoms with Crippen LogP contribution in [0.1, 0.15) is 23.0 Å². The summed E-state index contributed by atoms with van der Waals surface area (Å²) in [5.74, 6) is -0.406. The van der Waals surface area contributed by atoms with Gasteiger partial charge in [0, 0.05) is 18.2 Å². The number of aromatic nitrogens is 3. The second-order valence-corrected chi connectivity index (χ2v) is 11.0. The van der Waals surface area contributed by atoms with Crippen molar-refractivity contribution in [3.05, 3.63) is 95.9 Å². The third-order valence-corrected chi connectivity index (χ3v) is 8.54. The van der Waals surface area contributed by atoms with Crippen LogP contribution in [0.3, 0.4) is 0 Å². The molecule has 0 aliphatic heterocycles. The van der Waals surface area contributed by atoms with Gasteiger partial charge < -0.3 is 5.32 Å². The molecule has 11 heteroatoms. The molecule has 0 radical (unpaired) electrons. The highest BCUT2D eigenvalue weighted by Gasteiger charge is 2.24. The number of carbonyl (C=O) groups is 1. The Labute approximate surface area is 217 Å². The van der Waals surface area contributed by atoms with E-state index >= 15 is 0 Å². The number of aryl methyl sites for hydroxylation is 1. The molecule has 5 rings (SSSR count). The Morgan fingerprint density at radius 3 is 2.49 bits per heavy atom. The van der Waals surface area contributed by atoms with E-state index in [2.05, 4.69) is 15.4 Å². The minimum atomic E-state index is -3.81. The average Bonchev–Trinajstić information content (AvgIpc) is 3.47. The highest BCUT2D eigenvalue weighted by Crippen LogP contribution is 2.28. The first-order valence-electron chi connectivity index (χ1n) is 11.4. The van der Waals surface area contributed by atoms with Crippen LogP contribution in [0.25, 0.3) is 15.3 Å². The van der Waals surface area contributed by atoms with Crippen LogP contribution in [-0.2, 0) is 10.0 Å². The number of fused-ring (bicyclic) bond motifs is 1. The van der Waals surface area contributed by atoms with Crippen molar-refractivity contribution in [1.29, 1.82) is 0 Å². The second-order valence-electron chi connectivity index (χ2n) is 8.18. The number of benzene rings is 3. The molecule has 37 heavy (non-hydrogen) atoms. The number of hydrogen-bond donors (Lipinski definition) is 1. The SMILES string of the molecule is CCN(c1ccccc1)S(=O)(=O)c1ccc(C(=O)Nc2cc(C)nn2-c2nc3ccc(F)cc3s2)cc1. The smallest absolute Gasteiger partial charge is 0.264 e. The molecule has 8 nitrogen and oxygen atoms in total. The van der Waals surface area contributed by atoms with Crippen LogP contribution in [-0.4, -0.2) is 35.6 Å². The summed E-state index contributed by atoms with van der Waals surface area (Å²) < 4.78 is 43.5. The minimum absolute atomic E-state index is 0.0809. The normalized spacial score (nSPS) is 11.5. The molecule has 0 unspecified atom stereocenters. The predicted octanol–water partition coefficient (Wildman–Crippen LogP) is 5.40. The molecule has 0 saturated heterocycles. The first-order chi connectivity index (χ1) is 17.8. The molecule has 2 aromatic heterocycles. The van der Waals surface area contributed by atoms with E-state index in [0.29, 0.717) is 32.5 Å². The van der Waals surface area contributed by atoms with Gasteiger partial charge in [-0.05, 0) is 68.4 Å². The number of halogens is 1. The van der Waals surface area contributed by atoms with Crippen molar-refractivity contribution in [2.45, 2.75) is 18.7 Å². The Hall–Kier alpha value is -4.09. The molecule has 0 aliphatic rings. The van der Waals surface area contributed by atoms with E-state index in [-0.39, 0.29) is 22.8 Å². The number of amides is 1. The van der Waals surface area contributed by atoms with Crippen molar-refractivity contribution in [3.63, 3.8) is 0 Å². The van der Waals surface area contributed by atoms with Gasteiger partial charge in [-0.25, -0.2) is 17.8 Å². The zero-order valence-corrected chi connectivity index (χ0v) is 21.6. The van der Waals surface area contributed by atoms with Gasteiger partial charge in [-0.2, -0.15) is 9.78 Å². The van der Waals surface area contributed by atoms with Crippen LogP contribution < -0.4 is 9.62 Å². The molecule has 0 bridgehead atoms. The molecule has 1 amide bonds. The molecule has 0 fully saturated rings. The molecule has 188 valence electrons. The van der Waals surface area contributed by atoms with Gasteiger partial charge in [-0.15, -0.1) is 0 Å². The minimum Gasteiger partial charge on any atom is -0.306 e. The summed E-state index contributed by atoms with van der Waals surface area (Å²) in [4.78, 5) is 17.6. The summed E-state index contributed by atoms with van der Waals surface area (Å²) >= 11 is 1.25. The van der Waals surface area contributed by atoms with Gasteiger partial charge in [-0.1, -0.05) is 29.5 Å². The number of nitrogens with one attached hydrogen (secondary N) is 1. The fourth-order valence-corrected chi connectivity index (χ4v) is 6.32. The Morgan fingerprint density at radius 1 is 1.05 bits per heavy atom. The monoisotopic (exact) mass is 535 g/mol. The van der Waals surface area contributed by atoms with Crippen molar-refractivity contribution >= 4 is 49.0 Å². The van der Waals surface area contributed by atoms with Crippen LogP contribution in [0, 0.1) is 12.7 Å². The summed E-state index contributed by atoms with van der Waals surface area (Å²) in [6, 6.07) is 20.6. The quantitative estimate of drug-likeness (QED) is 0.301. The van der Waals surface area contributed by atoms with Crippen LogP contribution in [0.2, 0.25) is 0 Å². The molecule has 1 N–H and O–H groups in total. The first kappa shape index (κ1) is 24.6.